The van der Waals surface area contributed by atoms with Crippen LogP contribution < -0.4 is 0 Å². The molecule has 0 N–H and O–H groups in total. The Bertz CT molecular complexity index is 1040. The van der Waals surface area contributed by atoms with Crippen LogP contribution >= 0.6 is 0 Å². The number of nitrogens with zero attached hydrogens (tertiary/aromatic N) is 2. The average molecular weight is 505 g/mol. The SMILES string of the molecule is COC(Cc1ccccc1)C(=O)N(C)[C@H]1CC[C@@]2(C)C(=CC[C@H]3[C@@H]4CC[C@@H]5[C@H](C)N(C)C[C@@]54CC[C@@H]32)C1. The highest BCUT2D eigenvalue weighted by atomic mass is 16.5. The zero-order valence-corrected chi connectivity index (χ0v) is 23.8. The monoisotopic (exact) mass is 504 g/mol. The molecule has 37 heavy (non-hydrogen) atoms. The number of methoxy groups -OCH3 is 1. The number of ether oxygens (including phenoxy) is 1. The van der Waals surface area contributed by atoms with Gasteiger partial charge in [-0.15, -0.1) is 0 Å². The van der Waals surface area contributed by atoms with E-state index in [0.717, 1.165) is 48.1 Å². The third-order valence-electron chi connectivity index (χ3n) is 12.4. The molecule has 1 aromatic carbocycles. The Morgan fingerprint density at radius 1 is 1.11 bits per heavy atom. The number of hydrogen-bond donors (Lipinski definition) is 0. The number of fused-ring (bicyclic) bond motifs is 4. The largest absolute Gasteiger partial charge is 0.371 e. The molecule has 1 aromatic rings. The van der Waals surface area contributed by atoms with Gasteiger partial charge in [-0.1, -0.05) is 48.9 Å². The van der Waals surface area contributed by atoms with Crippen molar-refractivity contribution in [1.82, 2.24) is 9.80 Å². The van der Waals surface area contributed by atoms with Crippen molar-refractivity contribution in [3.63, 3.8) is 0 Å². The molecule has 1 aliphatic heterocycles. The van der Waals surface area contributed by atoms with Crippen molar-refractivity contribution in [3.8, 4) is 0 Å². The van der Waals surface area contributed by atoms with E-state index in [9.17, 15) is 4.79 Å². The first-order valence-electron chi connectivity index (χ1n) is 15.0. The summed E-state index contributed by atoms with van der Waals surface area (Å²) in [4.78, 5) is 18.2. The molecule has 4 fully saturated rings. The first-order valence-corrected chi connectivity index (χ1v) is 15.0. The first-order chi connectivity index (χ1) is 17.8. The molecule has 1 amide bonds. The lowest BCUT2D eigenvalue weighted by molar-refractivity contribution is -0.143. The minimum atomic E-state index is -0.415. The van der Waals surface area contributed by atoms with Crippen molar-refractivity contribution in [2.75, 3.05) is 27.7 Å². The van der Waals surface area contributed by atoms with Crippen LogP contribution in [0.2, 0.25) is 0 Å². The predicted octanol–water partition coefficient (Wildman–Crippen LogP) is 5.96. The van der Waals surface area contributed by atoms with Crippen LogP contribution in [-0.2, 0) is 16.0 Å². The summed E-state index contributed by atoms with van der Waals surface area (Å²) in [6.07, 6.45) is 13.3. The van der Waals surface area contributed by atoms with Crippen LogP contribution in [0.4, 0.5) is 0 Å². The Hall–Kier alpha value is -1.65. The average Bonchev–Trinajstić information content (AvgIpc) is 3.40. The van der Waals surface area contributed by atoms with E-state index in [1.165, 1.54) is 45.1 Å². The van der Waals surface area contributed by atoms with Gasteiger partial charge in [-0.25, -0.2) is 0 Å². The molecule has 4 nitrogen and oxygen atoms in total. The third kappa shape index (κ3) is 3.95. The molecule has 9 atom stereocenters. The van der Waals surface area contributed by atoms with Crippen molar-refractivity contribution >= 4 is 5.91 Å². The van der Waals surface area contributed by atoms with Crippen molar-refractivity contribution in [3.05, 3.63) is 47.5 Å². The third-order valence-corrected chi connectivity index (χ3v) is 12.4. The molecule has 0 bridgehead atoms. The zero-order valence-electron chi connectivity index (χ0n) is 23.8. The fourth-order valence-corrected chi connectivity index (χ4v) is 10.3. The van der Waals surface area contributed by atoms with E-state index in [2.05, 4.69) is 44.0 Å². The van der Waals surface area contributed by atoms with Crippen LogP contribution in [0.15, 0.2) is 42.0 Å². The Balaban J connectivity index is 1.17. The number of likely N-dealkylation sites (tertiary alicyclic amines) is 1. The molecule has 0 radical (unpaired) electrons. The molecule has 202 valence electrons. The summed E-state index contributed by atoms with van der Waals surface area (Å²) >= 11 is 0. The second-order valence-electron chi connectivity index (χ2n) is 13.6. The second kappa shape index (κ2) is 9.52. The van der Waals surface area contributed by atoms with E-state index in [1.807, 2.05) is 30.1 Å². The quantitative estimate of drug-likeness (QED) is 0.464. The van der Waals surface area contributed by atoms with Gasteiger partial charge in [0, 0.05) is 39.2 Å². The number of benzene rings is 1. The van der Waals surface area contributed by atoms with Gasteiger partial charge in [0.1, 0.15) is 6.10 Å². The van der Waals surface area contributed by atoms with Crippen LogP contribution in [0.5, 0.6) is 0 Å². The Kier molecular flexibility index (Phi) is 6.59. The molecule has 3 saturated carbocycles. The number of carbonyl (C=O) groups is 1. The van der Waals surface area contributed by atoms with Crippen molar-refractivity contribution in [1.29, 1.82) is 0 Å². The highest BCUT2D eigenvalue weighted by molar-refractivity contribution is 5.81. The lowest BCUT2D eigenvalue weighted by Crippen LogP contribution is -2.53. The van der Waals surface area contributed by atoms with E-state index in [-0.39, 0.29) is 11.9 Å². The number of hydrogen-bond acceptors (Lipinski definition) is 3. The maximum absolute atomic E-state index is 13.5. The Labute approximate surface area is 224 Å². The molecule has 0 aromatic heterocycles. The van der Waals surface area contributed by atoms with Crippen LogP contribution in [-0.4, -0.2) is 61.6 Å². The fourth-order valence-electron chi connectivity index (χ4n) is 10.3. The van der Waals surface area contributed by atoms with E-state index in [1.54, 1.807) is 12.7 Å². The minimum absolute atomic E-state index is 0.130. The van der Waals surface area contributed by atoms with Gasteiger partial charge in [-0.05, 0) is 105 Å². The highest BCUT2D eigenvalue weighted by Crippen LogP contribution is 2.68. The van der Waals surface area contributed by atoms with Crippen molar-refractivity contribution < 1.29 is 9.53 Å². The van der Waals surface area contributed by atoms with Gasteiger partial charge in [0.15, 0.2) is 0 Å². The van der Waals surface area contributed by atoms with Gasteiger partial charge in [-0.3, -0.25) is 4.79 Å². The van der Waals surface area contributed by atoms with Gasteiger partial charge in [0.05, 0.1) is 0 Å². The number of likely N-dealkylation sites (N-methyl/N-ethyl adjacent to an activating group) is 1. The summed E-state index contributed by atoms with van der Waals surface area (Å²) in [6.45, 7) is 6.41. The van der Waals surface area contributed by atoms with Gasteiger partial charge in [0.2, 0.25) is 0 Å². The van der Waals surface area contributed by atoms with E-state index >= 15 is 0 Å². The molecule has 1 heterocycles. The summed E-state index contributed by atoms with van der Waals surface area (Å²) in [7, 11) is 6.06. The summed E-state index contributed by atoms with van der Waals surface area (Å²) in [5, 5.41) is 0. The fraction of sp³-hybridized carbons (Fsp3) is 0.727. The molecule has 4 heteroatoms. The predicted molar refractivity (Wildman–Crippen MR) is 149 cm³/mol. The number of amides is 1. The van der Waals surface area contributed by atoms with E-state index in [0.29, 0.717) is 17.3 Å². The minimum Gasteiger partial charge on any atom is -0.371 e. The molecule has 4 aliphatic carbocycles. The lowest BCUT2D eigenvalue weighted by atomic mass is 9.47. The molecule has 1 saturated heterocycles. The van der Waals surface area contributed by atoms with Crippen molar-refractivity contribution in [2.24, 2.45) is 34.5 Å². The summed E-state index contributed by atoms with van der Waals surface area (Å²) in [5.74, 6) is 3.66. The second-order valence-corrected chi connectivity index (χ2v) is 13.6. The van der Waals surface area contributed by atoms with Crippen LogP contribution in [0, 0.1) is 34.5 Å². The van der Waals surface area contributed by atoms with Gasteiger partial charge in [0.25, 0.3) is 5.91 Å². The standard InChI is InChI=1S/C33H48N2O2/c1-22-27-13-14-29-26-12-11-24-20-25(35(4)31(36)30(37-5)19-23-9-7-6-8-10-23)15-17-32(24,2)28(26)16-18-33(27,29)21-34(22)3/h6-11,22,25-30H,12-21H2,1-5H3/t22-,25-,26+,27+,28-,29-,30?,32-,33-/m0/s1. The van der Waals surface area contributed by atoms with Crippen LogP contribution in [0.25, 0.3) is 0 Å². The van der Waals surface area contributed by atoms with Crippen LogP contribution in [0.3, 0.4) is 0 Å². The number of allylic oxidation sites excluding steroid dienone is 1. The Morgan fingerprint density at radius 3 is 2.62 bits per heavy atom. The first kappa shape index (κ1) is 25.6. The number of rotatable bonds is 5. The lowest BCUT2D eigenvalue weighted by Gasteiger charge is -2.58. The Morgan fingerprint density at radius 2 is 1.86 bits per heavy atom. The van der Waals surface area contributed by atoms with Crippen LogP contribution in [0.1, 0.15) is 70.8 Å². The molecule has 1 unspecified atom stereocenters. The maximum atomic E-state index is 13.5. The zero-order chi connectivity index (χ0) is 25.9. The normalized spacial score (nSPS) is 41.7. The van der Waals surface area contributed by atoms with E-state index in [4.69, 9.17) is 4.74 Å². The summed E-state index contributed by atoms with van der Waals surface area (Å²) in [6, 6.07) is 11.3. The molecular weight excluding hydrogens is 456 g/mol. The van der Waals surface area contributed by atoms with Gasteiger partial charge >= 0.3 is 0 Å². The number of carbonyl (C=O) groups excluding carboxylic acids is 1. The smallest absolute Gasteiger partial charge is 0.252 e. The maximum Gasteiger partial charge on any atom is 0.252 e. The van der Waals surface area contributed by atoms with Crippen molar-refractivity contribution in [2.45, 2.75) is 89.8 Å². The summed E-state index contributed by atoms with van der Waals surface area (Å²) in [5.41, 5.74) is 3.73. The topological polar surface area (TPSA) is 32.8 Å². The molecule has 6 rings (SSSR count). The summed E-state index contributed by atoms with van der Waals surface area (Å²) < 4.78 is 5.70. The molecular formula is C33H48N2O2. The van der Waals surface area contributed by atoms with E-state index < -0.39 is 6.10 Å². The highest BCUT2D eigenvalue weighted by Gasteiger charge is 2.64. The van der Waals surface area contributed by atoms with Gasteiger partial charge < -0.3 is 14.5 Å². The van der Waals surface area contributed by atoms with Gasteiger partial charge in [-0.2, -0.15) is 0 Å². The molecule has 5 aliphatic rings. The molecule has 1 spiro atoms.